The van der Waals surface area contributed by atoms with E-state index in [0.29, 0.717) is 12.1 Å². The van der Waals surface area contributed by atoms with Crippen LogP contribution in [-0.4, -0.2) is 44.8 Å². The zero-order valence-electron chi connectivity index (χ0n) is 22.6. The van der Waals surface area contributed by atoms with Crippen LogP contribution in [-0.2, 0) is 30.4 Å². The SMILES string of the molecule is O=S(=O)([O-])c1ccc(N=C([O-])c2ccccc2)c2c([O-])c(N=Nc3ccccc3S(=O)(=O)O)c(S(=O)(=O)O)cc12.[Na+].[Na+].[Na+]. The largest absolute Gasteiger partial charge is 1.00 e. The minimum Gasteiger partial charge on any atom is -0.870 e. The molecule has 0 spiro atoms. The average molecular weight is 674 g/mol. The third-order valence-electron chi connectivity index (χ3n) is 5.33. The van der Waals surface area contributed by atoms with Gasteiger partial charge in [-0.3, -0.25) is 14.1 Å². The second-order valence-electron chi connectivity index (χ2n) is 7.91. The molecule has 0 saturated carbocycles. The predicted molar refractivity (Wildman–Crippen MR) is 134 cm³/mol. The van der Waals surface area contributed by atoms with Crippen LogP contribution in [0.3, 0.4) is 0 Å². The summed E-state index contributed by atoms with van der Waals surface area (Å²) in [4.78, 5) is 0.705. The van der Waals surface area contributed by atoms with Crippen LogP contribution < -0.4 is 98.9 Å². The Balaban J connectivity index is 0.00000308. The van der Waals surface area contributed by atoms with Crippen molar-refractivity contribution >= 4 is 64.1 Å². The summed E-state index contributed by atoms with van der Waals surface area (Å²) in [6.45, 7) is 0. The molecule has 0 radical (unpaired) electrons. The number of nitrogens with zero attached hydrogens (tertiary/aromatic N) is 3. The molecule has 14 nitrogen and oxygen atoms in total. The number of aliphatic imine (C=N–C) groups is 1. The van der Waals surface area contributed by atoms with Crippen molar-refractivity contribution in [2.45, 2.75) is 14.7 Å². The molecule has 0 saturated heterocycles. The van der Waals surface area contributed by atoms with Crippen LogP contribution in [0.2, 0.25) is 0 Å². The van der Waals surface area contributed by atoms with Gasteiger partial charge in [0.25, 0.3) is 20.2 Å². The fourth-order valence-electron chi connectivity index (χ4n) is 3.62. The van der Waals surface area contributed by atoms with Gasteiger partial charge < -0.3 is 14.8 Å². The Hall–Kier alpha value is -1.26. The van der Waals surface area contributed by atoms with E-state index in [1.807, 2.05) is 0 Å². The van der Waals surface area contributed by atoms with Crippen LogP contribution in [0.1, 0.15) is 5.56 Å². The van der Waals surface area contributed by atoms with Crippen molar-refractivity contribution in [2.24, 2.45) is 15.2 Å². The molecule has 0 aliphatic rings. The molecule has 0 bridgehead atoms. The molecule has 0 fully saturated rings. The van der Waals surface area contributed by atoms with Gasteiger partial charge in [0, 0.05) is 10.8 Å². The molecule has 0 amide bonds. The molecule has 0 heterocycles. The van der Waals surface area contributed by atoms with Crippen LogP contribution in [0.5, 0.6) is 5.75 Å². The normalized spacial score (nSPS) is 12.3. The van der Waals surface area contributed by atoms with Gasteiger partial charge in [-0.25, -0.2) is 8.42 Å². The van der Waals surface area contributed by atoms with Crippen molar-refractivity contribution in [3.63, 3.8) is 0 Å². The van der Waals surface area contributed by atoms with E-state index >= 15 is 0 Å². The maximum atomic E-state index is 13.6. The molecule has 4 rings (SSSR count). The third kappa shape index (κ3) is 9.15. The number of fused-ring (bicyclic) bond motifs is 1. The molecular weight excluding hydrogens is 659 g/mol. The second-order valence-corrected chi connectivity index (χ2v) is 12.0. The molecule has 0 aromatic heterocycles. The molecule has 0 aliphatic heterocycles. The van der Waals surface area contributed by atoms with Crippen molar-refractivity contribution in [3.8, 4) is 5.75 Å². The average Bonchev–Trinajstić information content (AvgIpc) is 2.86. The summed E-state index contributed by atoms with van der Waals surface area (Å²) < 4.78 is 103. The minimum absolute atomic E-state index is 0. The summed E-state index contributed by atoms with van der Waals surface area (Å²) in [5, 5.41) is 31.7. The molecule has 0 unspecified atom stereocenters. The van der Waals surface area contributed by atoms with Crippen molar-refractivity contribution in [2.75, 3.05) is 0 Å². The number of hydrogen-bond acceptors (Lipinski definition) is 12. The van der Waals surface area contributed by atoms with E-state index in [-0.39, 0.29) is 94.2 Å². The van der Waals surface area contributed by atoms with Crippen LogP contribution in [0.25, 0.3) is 10.8 Å². The molecule has 2 N–H and O–H groups in total. The first-order valence-corrected chi connectivity index (χ1v) is 14.9. The van der Waals surface area contributed by atoms with Crippen LogP contribution in [0.4, 0.5) is 17.1 Å². The molecule has 0 aliphatic carbocycles. The Kier molecular flexibility index (Phi) is 14.2. The third-order valence-corrected chi connectivity index (χ3v) is 7.99. The zero-order chi connectivity index (χ0) is 29.5. The van der Waals surface area contributed by atoms with Gasteiger partial charge in [-0.1, -0.05) is 48.2 Å². The summed E-state index contributed by atoms with van der Waals surface area (Å²) >= 11 is 0. The molecular formula is C23H14N3Na3O11S3. The number of rotatable bonds is 7. The van der Waals surface area contributed by atoms with E-state index in [1.54, 1.807) is 6.07 Å². The Morgan fingerprint density at radius 3 is 1.79 bits per heavy atom. The fraction of sp³-hybridized carbons (Fsp3) is 0. The van der Waals surface area contributed by atoms with Gasteiger partial charge in [0.1, 0.15) is 25.6 Å². The van der Waals surface area contributed by atoms with Gasteiger partial charge in [0.05, 0.1) is 16.3 Å². The van der Waals surface area contributed by atoms with E-state index in [9.17, 15) is 49.1 Å². The van der Waals surface area contributed by atoms with E-state index in [2.05, 4.69) is 15.2 Å². The van der Waals surface area contributed by atoms with E-state index in [1.165, 1.54) is 36.4 Å². The number of hydrogen-bond donors (Lipinski definition) is 2. The topological polar surface area (TPSA) is 249 Å². The maximum Gasteiger partial charge on any atom is 1.00 e. The summed E-state index contributed by atoms with van der Waals surface area (Å²) in [5.74, 6) is -2.31. The van der Waals surface area contributed by atoms with E-state index in [4.69, 9.17) is 0 Å². The summed E-state index contributed by atoms with van der Waals surface area (Å²) in [6.07, 6.45) is 0. The standard InChI is InChI=1S/C23H17N3O11S3.3Na/c27-22-20-14(17(38(29,30)31)11-10-16(20)24-23(28)13-6-2-1-3-7-13)12-19(40(35,36)37)21(22)26-25-15-8-4-5-9-18(15)39(32,33)34;;;/h1-12,27H,(H,24,28)(H,29,30,31)(H,32,33,34)(H,35,36,37);;;/q;3*+1/p-3. The van der Waals surface area contributed by atoms with Crippen molar-refractivity contribution < 1.29 is 138 Å². The molecule has 0 atom stereocenters. The van der Waals surface area contributed by atoms with Gasteiger partial charge in [-0.15, -0.1) is 10.2 Å². The van der Waals surface area contributed by atoms with E-state index < -0.39 is 84.5 Å². The van der Waals surface area contributed by atoms with Gasteiger partial charge in [0.2, 0.25) is 0 Å². The smallest absolute Gasteiger partial charge is 0.870 e. The summed E-state index contributed by atoms with van der Waals surface area (Å²) in [5.41, 5.74) is -2.08. The quantitative estimate of drug-likeness (QED) is 0.0613. The second kappa shape index (κ2) is 15.4. The minimum atomic E-state index is -5.35. The molecule has 43 heavy (non-hydrogen) atoms. The van der Waals surface area contributed by atoms with Crippen LogP contribution >= 0.6 is 0 Å². The Labute approximate surface area is 312 Å². The van der Waals surface area contributed by atoms with E-state index in [0.717, 1.165) is 18.2 Å². The fourth-order valence-corrected chi connectivity index (χ4v) is 5.55. The summed E-state index contributed by atoms with van der Waals surface area (Å²) in [6, 6.07) is 14.0. The van der Waals surface area contributed by atoms with Gasteiger partial charge in [0.15, 0.2) is 0 Å². The monoisotopic (exact) mass is 673 g/mol. The summed E-state index contributed by atoms with van der Waals surface area (Å²) in [7, 11) is -15.5. The molecule has 4 aromatic carbocycles. The Morgan fingerprint density at radius 2 is 1.23 bits per heavy atom. The first-order chi connectivity index (χ1) is 18.6. The molecule has 208 valence electrons. The molecule has 4 aromatic rings. The molecule has 20 heteroatoms. The van der Waals surface area contributed by atoms with Crippen LogP contribution in [0, 0.1) is 0 Å². The number of benzene rings is 4. The van der Waals surface area contributed by atoms with Gasteiger partial charge in [-0.2, -0.15) is 16.8 Å². The van der Waals surface area contributed by atoms with Crippen LogP contribution in [0.15, 0.2) is 103 Å². The Morgan fingerprint density at radius 1 is 0.674 bits per heavy atom. The Bertz CT molecular complexity index is 2060. The van der Waals surface area contributed by atoms with Gasteiger partial charge in [-0.05, 0) is 41.8 Å². The predicted octanol–water partition coefficient (Wildman–Crippen LogP) is -6.82. The van der Waals surface area contributed by atoms with Crippen molar-refractivity contribution in [1.82, 2.24) is 0 Å². The first-order valence-electron chi connectivity index (χ1n) is 10.6. The van der Waals surface area contributed by atoms with Crippen molar-refractivity contribution in [3.05, 3.63) is 78.4 Å². The number of azo groups is 1. The van der Waals surface area contributed by atoms with Gasteiger partial charge >= 0.3 is 88.7 Å². The first kappa shape index (κ1) is 39.8. The zero-order valence-corrected chi connectivity index (χ0v) is 31.0. The van der Waals surface area contributed by atoms with Crippen molar-refractivity contribution in [1.29, 1.82) is 0 Å². The maximum absolute atomic E-state index is 13.6.